The average molecular weight is 400 g/mol. The van der Waals surface area contributed by atoms with Crippen molar-refractivity contribution >= 4 is 17.5 Å². The minimum Gasteiger partial charge on any atom is -0.484 e. The highest BCUT2D eigenvalue weighted by Gasteiger charge is 2.34. The summed E-state index contributed by atoms with van der Waals surface area (Å²) in [6.45, 7) is 1.25. The van der Waals surface area contributed by atoms with Gasteiger partial charge in [0.15, 0.2) is 6.61 Å². The van der Waals surface area contributed by atoms with E-state index in [4.69, 9.17) is 4.74 Å². The van der Waals surface area contributed by atoms with Gasteiger partial charge >= 0.3 is 0 Å². The molecule has 2 aromatic rings. The maximum absolute atomic E-state index is 13.9. The molecular weight excluding hydrogens is 378 g/mol. The highest BCUT2D eigenvalue weighted by atomic mass is 19.1. The first-order valence-corrected chi connectivity index (χ1v) is 9.78. The lowest BCUT2D eigenvalue weighted by Crippen LogP contribution is -2.45. The number of likely N-dealkylation sites (tertiary alicyclic amines) is 1. The van der Waals surface area contributed by atoms with Crippen LogP contribution in [0.3, 0.4) is 0 Å². The molecule has 0 saturated carbocycles. The van der Waals surface area contributed by atoms with Gasteiger partial charge in [0.2, 0.25) is 5.91 Å². The number of hydrogen-bond donors (Lipinski definition) is 0. The molecule has 0 spiro atoms. The van der Waals surface area contributed by atoms with Crippen LogP contribution in [0, 0.1) is 17.6 Å². The summed E-state index contributed by atoms with van der Waals surface area (Å²) in [6, 6.07) is 11.2. The molecule has 4 rings (SSSR count). The van der Waals surface area contributed by atoms with E-state index in [9.17, 15) is 18.4 Å². The van der Waals surface area contributed by atoms with E-state index in [0.717, 1.165) is 6.07 Å². The van der Waals surface area contributed by atoms with Gasteiger partial charge < -0.3 is 14.5 Å². The lowest BCUT2D eigenvalue weighted by molar-refractivity contribution is -0.136. The van der Waals surface area contributed by atoms with Crippen molar-refractivity contribution in [1.82, 2.24) is 4.90 Å². The number of hydrogen-bond acceptors (Lipinski definition) is 3. The number of rotatable bonds is 4. The van der Waals surface area contributed by atoms with Gasteiger partial charge in [-0.15, -0.1) is 0 Å². The Bertz CT molecular complexity index is 912. The van der Waals surface area contributed by atoms with Gasteiger partial charge in [-0.1, -0.05) is 18.2 Å². The van der Waals surface area contributed by atoms with Gasteiger partial charge in [0.25, 0.3) is 5.91 Å². The molecule has 0 unspecified atom stereocenters. The monoisotopic (exact) mass is 400 g/mol. The van der Waals surface area contributed by atoms with Gasteiger partial charge in [-0.25, -0.2) is 8.78 Å². The van der Waals surface area contributed by atoms with Crippen LogP contribution in [0.4, 0.5) is 14.5 Å². The maximum atomic E-state index is 13.9. The van der Waals surface area contributed by atoms with Crippen LogP contribution in [0.2, 0.25) is 0 Å². The Labute approximate surface area is 167 Å². The lowest BCUT2D eigenvalue weighted by atomic mass is 9.95. The number of fused-ring (bicyclic) bond motifs is 1. The summed E-state index contributed by atoms with van der Waals surface area (Å²) in [5.74, 6) is -1.14. The second kappa shape index (κ2) is 8.19. The molecule has 0 aromatic heterocycles. The van der Waals surface area contributed by atoms with E-state index in [1.807, 2.05) is 18.2 Å². The fraction of sp³-hybridized carbons (Fsp3) is 0.364. The van der Waals surface area contributed by atoms with Crippen molar-refractivity contribution in [3.63, 3.8) is 0 Å². The molecular formula is C22H22F2N2O3. The number of amides is 2. The van der Waals surface area contributed by atoms with Gasteiger partial charge in [-0.3, -0.25) is 9.59 Å². The fourth-order valence-corrected chi connectivity index (χ4v) is 4.00. The zero-order chi connectivity index (χ0) is 20.4. The smallest absolute Gasteiger partial charge is 0.260 e. The molecule has 2 heterocycles. The molecule has 5 nitrogen and oxygen atoms in total. The molecule has 0 atom stereocenters. The van der Waals surface area contributed by atoms with Crippen LogP contribution in [-0.2, 0) is 16.0 Å². The SMILES string of the molecule is O=C(COc1ccccc1)N1CCC(C(=O)N2CCc3c(F)cc(F)cc32)CC1. The molecule has 0 aliphatic carbocycles. The zero-order valence-corrected chi connectivity index (χ0v) is 15.9. The second-order valence-corrected chi connectivity index (χ2v) is 7.38. The lowest BCUT2D eigenvalue weighted by Gasteiger charge is -2.33. The van der Waals surface area contributed by atoms with Crippen molar-refractivity contribution in [3.8, 4) is 5.75 Å². The minimum absolute atomic E-state index is 0.0410. The molecule has 1 saturated heterocycles. The third kappa shape index (κ3) is 4.09. The topological polar surface area (TPSA) is 49.9 Å². The van der Waals surface area contributed by atoms with Gasteiger partial charge in [0.05, 0.1) is 5.69 Å². The summed E-state index contributed by atoms with van der Waals surface area (Å²) in [4.78, 5) is 28.5. The van der Waals surface area contributed by atoms with Crippen molar-refractivity contribution in [2.24, 2.45) is 5.92 Å². The van der Waals surface area contributed by atoms with E-state index in [1.54, 1.807) is 17.0 Å². The van der Waals surface area contributed by atoms with Crippen molar-refractivity contribution in [2.45, 2.75) is 19.3 Å². The number of para-hydroxylation sites is 1. The molecule has 29 heavy (non-hydrogen) atoms. The standard InChI is InChI=1S/C22H22F2N2O3/c23-16-12-19(24)18-8-11-26(20(18)13-16)22(28)15-6-9-25(10-7-15)21(27)14-29-17-4-2-1-3-5-17/h1-5,12-13,15H,6-11,14H2. The van der Waals surface area contributed by atoms with Crippen LogP contribution in [0.25, 0.3) is 0 Å². The quantitative estimate of drug-likeness (QED) is 0.792. The van der Waals surface area contributed by atoms with Crippen LogP contribution in [0.15, 0.2) is 42.5 Å². The third-order valence-corrected chi connectivity index (χ3v) is 5.58. The maximum Gasteiger partial charge on any atom is 0.260 e. The van der Waals surface area contributed by atoms with E-state index in [1.165, 1.54) is 11.0 Å². The number of anilines is 1. The number of nitrogens with zero attached hydrogens (tertiary/aromatic N) is 2. The van der Waals surface area contributed by atoms with Crippen LogP contribution < -0.4 is 9.64 Å². The number of carbonyl (C=O) groups excluding carboxylic acids is 2. The molecule has 2 aliphatic rings. The van der Waals surface area contributed by atoms with Gasteiger partial charge in [0, 0.05) is 37.2 Å². The van der Waals surface area contributed by atoms with Crippen LogP contribution in [-0.4, -0.2) is 43.0 Å². The molecule has 152 valence electrons. The second-order valence-electron chi connectivity index (χ2n) is 7.38. The summed E-state index contributed by atoms with van der Waals surface area (Å²) in [7, 11) is 0. The van der Waals surface area contributed by atoms with Gasteiger partial charge in [-0.2, -0.15) is 0 Å². The fourth-order valence-electron chi connectivity index (χ4n) is 4.00. The number of piperidine rings is 1. The van der Waals surface area contributed by atoms with E-state index in [-0.39, 0.29) is 24.3 Å². The van der Waals surface area contributed by atoms with Crippen molar-refractivity contribution in [1.29, 1.82) is 0 Å². The molecule has 2 aromatic carbocycles. The van der Waals surface area contributed by atoms with E-state index < -0.39 is 11.6 Å². The van der Waals surface area contributed by atoms with E-state index in [0.29, 0.717) is 55.9 Å². The first kappa shape index (κ1) is 19.4. The van der Waals surface area contributed by atoms with Crippen molar-refractivity contribution in [3.05, 3.63) is 59.7 Å². The van der Waals surface area contributed by atoms with Crippen LogP contribution in [0.1, 0.15) is 18.4 Å². The Balaban J connectivity index is 1.32. The number of halogens is 2. The summed E-state index contributed by atoms with van der Waals surface area (Å²) in [5, 5.41) is 0. The Kier molecular flexibility index (Phi) is 5.47. The number of benzene rings is 2. The van der Waals surface area contributed by atoms with Gasteiger partial charge in [0.1, 0.15) is 17.4 Å². The first-order chi connectivity index (χ1) is 14.0. The zero-order valence-electron chi connectivity index (χ0n) is 15.9. The molecule has 2 amide bonds. The third-order valence-electron chi connectivity index (χ3n) is 5.58. The van der Waals surface area contributed by atoms with Crippen molar-refractivity contribution < 1.29 is 23.1 Å². The normalized spacial score (nSPS) is 16.6. The summed E-state index contributed by atoms with van der Waals surface area (Å²) in [6.07, 6.45) is 1.44. The average Bonchev–Trinajstić information content (AvgIpc) is 3.16. The van der Waals surface area contributed by atoms with Crippen LogP contribution >= 0.6 is 0 Å². The van der Waals surface area contributed by atoms with E-state index in [2.05, 4.69) is 0 Å². The highest BCUT2D eigenvalue weighted by molar-refractivity contribution is 5.97. The Morgan fingerprint density at radius 3 is 2.48 bits per heavy atom. The Morgan fingerprint density at radius 2 is 1.76 bits per heavy atom. The summed E-state index contributed by atoms with van der Waals surface area (Å²) >= 11 is 0. The summed E-state index contributed by atoms with van der Waals surface area (Å²) < 4.78 is 33.0. The predicted octanol–water partition coefficient (Wildman–Crippen LogP) is 3.17. The van der Waals surface area contributed by atoms with E-state index >= 15 is 0 Å². The summed E-state index contributed by atoms with van der Waals surface area (Å²) in [5.41, 5.74) is 0.729. The number of carbonyl (C=O) groups is 2. The van der Waals surface area contributed by atoms with Crippen LogP contribution in [0.5, 0.6) is 5.75 Å². The minimum atomic E-state index is -0.681. The Morgan fingerprint density at radius 1 is 1.03 bits per heavy atom. The molecule has 0 radical (unpaired) electrons. The largest absolute Gasteiger partial charge is 0.484 e. The number of ether oxygens (including phenoxy) is 1. The molecule has 0 N–H and O–H groups in total. The first-order valence-electron chi connectivity index (χ1n) is 9.78. The van der Waals surface area contributed by atoms with Crippen molar-refractivity contribution in [2.75, 3.05) is 31.1 Å². The Hall–Kier alpha value is -2.96. The molecule has 7 heteroatoms. The van der Waals surface area contributed by atoms with Gasteiger partial charge in [-0.05, 0) is 37.5 Å². The highest BCUT2D eigenvalue weighted by Crippen LogP contribution is 2.33. The molecule has 2 aliphatic heterocycles. The molecule has 0 bridgehead atoms. The molecule has 1 fully saturated rings. The predicted molar refractivity (Wildman–Crippen MR) is 104 cm³/mol.